The number of esters is 1. The van der Waals surface area contributed by atoms with E-state index in [-0.39, 0.29) is 24.0 Å². The standard InChI is InChI=1S/C15H29N3O3/c1-15(2,3)17-14(20)12(16)11-21-13(19)7-10-18-8-5-4-6-9-18/h12H,4-11,16H2,1-3H3,(H,17,20)/t12-/m0/s1. The van der Waals surface area contributed by atoms with Crippen LogP contribution in [-0.4, -0.2) is 54.6 Å². The summed E-state index contributed by atoms with van der Waals surface area (Å²) < 4.78 is 5.08. The minimum atomic E-state index is -0.817. The highest BCUT2D eigenvalue weighted by Crippen LogP contribution is 2.09. The van der Waals surface area contributed by atoms with Crippen molar-refractivity contribution in [2.24, 2.45) is 5.73 Å². The highest BCUT2D eigenvalue weighted by atomic mass is 16.5. The fourth-order valence-corrected chi connectivity index (χ4v) is 2.23. The van der Waals surface area contributed by atoms with Crippen LogP contribution in [-0.2, 0) is 14.3 Å². The molecule has 0 bridgehead atoms. The highest BCUT2D eigenvalue weighted by Gasteiger charge is 2.21. The summed E-state index contributed by atoms with van der Waals surface area (Å²) in [6.45, 7) is 8.40. The molecule has 6 nitrogen and oxygen atoms in total. The number of amides is 1. The van der Waals surface area contributed by atoms with E-state index in [2.05, 4.69) is 10.2 Å². The number of hydrogen-bond acceptors (Lipinski definition) is 5. The predicted octanol–water partition coefficient (Wildman–Crippen LogP) is 0.648. The number of carbonyl (C=O) groups excluding carboxylic acids is 2. The van der Waals surface area contributed by atoms with Crippen LogP contribution < -0.4 is 11.1 Å². The molecule has 0 unspecified atom stereocenters. The molecule has 1 atom stereocenters. The summed E-state index contributed by atoms with van der Waals surface area (Å²) in [5.41, 5.74) is 5.37. The van der Waals surface area contributed by atoms with Gasteiger partial charge in [-0.1, -0.05) is 6.42 Å². The molecule has 6 heteroatoms. The summed E-state index contributed by atoms with van der Waals surface area (Å²) in [6.07, 6.45) is 4.03. The van der Waals surface area contributed by atoms with Gasteiger partial charge >= 0.3 is 5.97 Å². The van der Waals surface area contributed by atoms with Gasteiger partial charge in [0.25, 0.3) is 0 Å². The number of piperidine rings is 1. The maximum atomic E-state index is 11.7. The summed E-state index contributed by atoms with van der Waals surface area (Å²) in [6, 6.07) is -0.817. The van der Waals surface area contributed by atoms with Crippen LogP contribution in [0.3, 0.4) is 0 Å². The van der Waals surface area contributed by atoms with Crippen LogP contribution in [0.5, 0.6) is 0 Å². The second kappa shape index (κ2) is 8.34. The monoisotopic (exact) mass is 299 g/mol. The van der Waals surface area contributed by atoms with E-state index in [9.17, 15) is 9.59 Å². The topological polar surface area (TPSA) is 84.7 Å². The largest absolute Gasteiger partial charge is 0.463 e. The van der Waals surface area contributed by atoms with Crippen LogP contribution in [0.1, 0.15) is 46.5 Å². The molecular weight excluding hydrogens is 270 g/mol. The molecule has 1 aliphatic heterocycles. The molecule has 0 spiro atoms. The van der Waals surface area contributed by atoms with E-state index >= 15 is 0 Å². The molecule has 0 aromatic rings. The van der Waals surface area contributed by atoms with Crippen molar-refractivity contribution < 1.29 is 14.3 Å². The molecule has 1 fully saturated rings. The maximum Gasteiger partial charge on any atom is 0.307 e. The van der Waals surface area contributed by atoms with Gasteiger partial charge in [0.2, 0.25) is 5.91 Å². The number of rotatable bonds is 6. The first-order valence-corrected chi connectivity index (χ1v) is 7.73. The average Bonchev–Trinajstić information content (AvgIpc) is 2.41. The maximum absolute atomic E-state index is 11.7. The predicted molar refractivity (Wildman–Crippen MR) is 81.7 cm³/mol. The fourth-order valence-electron chi connectivity index (χ4n) is 2.23. The van der Waals surface area contributed by atoms with E-state index in [4.69, 9.17) is 10.5 Å². The lowest BCUT2D eigenvalue weighted by molar-refractivity contribution is -0.145. The summed E-state index contributed by atoms with van der Waals surface area (Å²) >= 11 is 0. The molecule has 0 radical (unpaired) electrons. The van der Waals surface area contributed by atoms with E-state index in [0.29, 0.717) is 6.42 Å². The Morgan fingerprint density at radius 1 is 1.24 bits per heavy atom. The van der Waals surface area contributed by atoms with Crippen molar-refractivity contribution in [2.75, 3.05) is 26.2 Å². The van der Waals surface area contributed by atoms with Gasteiger partial charge in [0.1, 0.15) is 12.6 Å². The number of nitrogens with two attached hydrogens (primary N) is 1. The minimum absolute atomic E-state index is 0.0687. The van der Waals surface area contributed by atoms with Gasteiger partial charge in [-0.3, -0.25) is 9.59 Å². The van der Waals surface area contributed by atoms with Gasteiger partial charge in [0.15, 0.2) is 0 Å². The molecule has 1 heterocycles. The molecule has 122 valence electrons. The Balaban J connectivity index is 2.18. The SMILES string of the molecule is CC(C)(C)NC(=O)[C@@H](N)COC(=O)CCN1CCCCC1. The first kappa shape index (κ1) is 17.9. The van der Waals surface area contributed by atoms with Crippen molar-refractivity contribution in [1.82, 2.24) is 10.2 Å². The van der Waals surface area contributed by atoms with Gasteiger partial charge in [-0.25, -0.2) is 0 Å². The third-order valence-corrected chi connectivity index (χ3v) is 3.34. The van der Waals surface area contributed by atoms with E-state index in [1.54, 1.807) is 0 Å². The van der Waals surface area contributed by atoms with Gasteiger partial charge in [0.05, 0.1) is 6.42 Å². The Kier molecular flexibility index (Phi) is 7.11. The Hall–Kier alpha value is -1.14. The molecule has 21 heavy (non-hydrogen) atoms. The Bertz CT molecular complexity index is 347. The smallest absolute Gasteiger partial charge is 0.307 e. The molecular formula is C15H29N3O3. The molecule has 1 aliphatic rings. The fraction of sp³-hybridized carbons (Fsp3) is 0.867. The zero-order valence-corrected chi connectivity index (χ0v) is 13.5. The molecule has 0 saturated carbocycles. The second-order valence-corrected chi connectivity index (χ2v) is 6.68. The molecule has 1 rings (SSSR count). The van der Waals surface area contributed by atoms with E-state index in [1.165, 1.54) is 19.3 Å². The van der Waals surface area contributed by atoms with Crippen LogP contribution in [0.2, 0.25) is 0 Å². The first-order valence-electron chi connectivity index (χ1n) is 7.73. The van der Waals surface area contributed by atoms with Gasteiger partial charge in [-0.15, -0.1) is 0 Å². The number of ether oxygens (including phenoxy) is 1. The van der Waals surface area contributed by atoms with Gasteiger partial charge in [-0.05, 0) is 46.7 Å². The van der Waals surface area contributed by atoms with Crippen molar-refractivity contribution in [1.29, 1.82) is 0 Å². The molecule has 0 aliphatic carbocycles. The number of likely N-dealkylation sites (tertiary alicyclic amines) is 1. The first-order chi connectivity index (χ1) is 9.78. The minimum Gasteiger partial charge on any atom is -0.463 e. The van der Waals surface area contributed by atoms with Crippen molar-refractivity contribution in [2.45, 2.75) is 58.0 Å². The summed E-state index contributed by atoms with van der Waals surface area (Å²) in [7, 11) is 0. The second-order valence-electron chi connectivity index (χ2n) is 6.68. The zero-order valence-electron chi connectivity index (χ0n) is 13.5. The lowest BCUT2D eigenvalue weighted by Gasteiger charge is -2.26. The molecule has 3 N–H and O–H groups in total. The number of carbonyl (C=O) groups is 2. The molecule has 1 saturated heterocycles. The zero-order chi connectivity index (χ0) is 15.9. The molecule has 0 aromatic carbocycles. The van der Waals surface area contributed by atoms with Gasteiger partial charge in [0, 0.05) is 12.1 Å². The van der Waals surface area contributed by atoms with Crippen molar-refractivity contribution in [3.05, 3.63) is 0 Å². The Labute approximate surface area is 127 Å². The third-order valence-electron chi connectivity index (χ3n) is 3.34. The van der Waals surface area contributed by atoms with Gasteiger partial charge in [-0.2, -0.15) is 0 Å². The van der Waals surface area contributed by atoms with E-state index < -0.39 is 6.04 Å². The Morgan fingerprint density at radius 2 is 1.86 bits per heavy atom. The highest BCUT2D eigenvalue weighted by molar-refractivity contribution is 5.82. The van der Waals surface area contributed by atoms with Crippen LogP contribution >= 0.6 is 0 Å². The summed E-state index contributed by atoms with van der Waals surface area (Å²) in [4.78, 5) is 25.7. The summed E-state index contributed by atoms with van der Waals surface area (Å²) in [5.74, 6) is -0.592. The lowest BCUT2D eigenvalue weighted by Crippen LogP contribution is -2.50. The number of nitrogens with zero attached hydrogens (tertiary/aromatic N) is 1. The number of nitrogens with one attached hydrogen (secondary N) is 1. The number of hydrogen-bond donors (Lipinski definition) is 2. The normalized spacial score (nSPS) is 18.1. The van der Waals surface area contributed by atoms with E-state index in [0.717, 1.165) is 19.6 Å². The molecule has 1 amide bonds. The lowest BCUT2D eigenvalue weighted by atomic mass is 10.1. The van der Waals surface area contributed by atoms with Crippen LogP contribution in [0.25, 0.3) is 0 Å². The van der Waals surface area contributed by atoms with Crippen LogP contribution in [0.15, 0.2) is 0 Å². The van der Waals surface area contributed by atoms with Crippen molar-refractivity contribution >= 4 is 11.9 Å². The third kappa shape index (κ3) is 8.02. The Morgan fingerprint density at radius 3 is 2.43 bits per heavy atom. The van der Waals surface area contributed by atoms with Crippen molar-refractivity contribution in [3.8, 4) is 0 Å². The molecule has 0 aromatic heterocycles. The average molecular weight is 299 g/mol. The van der Waals surface area contributed by atoms with Gasteiger partial charge < -0.3 is 20.7 Å². The summed E-state index contributed by atoms with van der Waals surface area (Å²) in [5, 5.41) is 2.76. The van der Waals surface area contributed by atoms with Crippen LogP contribution in [0, 0.1) is 0 Å². The van der Waals surface area contributed by atoms with Crippen LogP contribution in [0.4, 0.5) is 0 Å². The quantitative estimate of drug-likeness (QED) is 0.703. The van der Waals surface area contributed by atoms with E-state index in [1.807, 2.05) is 20.8 Å². The van der Waals surface area contributed by atoms with Crippen molar-refractivity contribution in [3.63, 3.8) is 0 Å².